The van der Waals surface area contributed by atoms with E-state index in [9.17, 15) is 4.79 Å². The molecule has 2 nitrogen and oxygen atoms in total. The summed E-state index contributed by atoms with van der Waals surface area (Å²) in [6, 6.07) is 7.68. The van der Waals surface area contributed by atoms with E-state index in [0.29, 0.717) is 19.0 Å². The highest BCUT2D eigenvalue weighted by molar-refractivity contribution is 6.31. The summed E-state index contributed by atoms with van der Waals surface area (Å²) in [5.74, 6) is 0.646. The minimum Gasteiger partial charge on any atom is -0.377 e. The van der Waals surface area contributed by atoms with Gasteiger partial charge in [0.05, 0.1) is 6.61 Å². The normalized spacial score (nSPS) is 19.8. The molecular weight excluding hydrogens is 236 g/mol. The van der Waals surface area contributed by atoms with Crippen LogP contribution in [0.5, 0.6) is 0 Å². The Balaban J connectivity index is 1.70. The summed E-state index contributed by atoms with van der Waals surface area (Å²) in [4.78, 5) is 11.4. The van der Waals surface area contributed by atoms with Gasteiger partial charge in [-0.25, -0.2) is 0 Å². The largest absolute Gasteiger partial charge is 0.377 e. The third kappa shape index (κ3) is 3.55. The predicted octanol–water partition coefficient (Wildman–Crippen LogP) is 3.62. The first-order chi connectivity index (χ1) is 8.27. The third-order valence-corrected chi connectivity index (χ3v) is 3.63. The summed E-state index contributed by atoms with van der Waals surface area (Å²) in [5.41, 5.74) is 1.01. The average molecular weight is 253 g/mol. The van der Waals surface area contributed by atoms with Gasteiger partial charge in [0.25, 0.3) is 0 Å². The molecule has 1 aromatic rings. The quantitative estimate of drug-likeness (QED) is 0.749. The SMILES string of the molecule is O=C1CCCC1CCOCc1ccccc1Cl. The fourth-order valence-electron chi connectivity index (χ4n) is 2.22. The number of rotatable bonds is 5. The molecule has 1 atom stereocenters. The minimum absolute atomic E-state index is 0.237. The summed E-state index contributed by atoms with van der Waals surface area (Å²) >= 11 is 6.02. The van der Waals surface area contributed by atoms with E-state index < -0.39 is 0 Å². The number of carbonyl (C=O) groups excluding carboxylic acids is 1. The van der Waals surface area contributed by atoms with E-state index in [-0.39, 0.29) is 5.92 Å². The molecule has 3 heteroatoms. The van der Waals surface area contributed by atoms with Crippen molar-refractivity contribution in [2.24, 2.45) is 5.92 Å². The summed E-state index contributed by atoms with van der Waals surface area (Å²) in [6.07, 6.45) is 3.70. The maximum atomic E-state index is 11.4. The van der Waals surface area contributed by atoms with Crippen LogP contribution >= 0.6 is 11.6 Å². The summed E-state index contributed by atoms with van der Waals surface area (Å²) in [5, 5.41) is 0.740. The summed E-state index contributed by atoms with van der Waals surface area (Å²) in [7, 11) is 0. The molecule has 1 aromatic carbocycles. The molecule has 0 heterocycles. The van der Waals surface area contributed by atoms with Crippen LogP contribution in [-0.2, 0) is 16.1 Å². The van der Waals surface area contributed by atoms with Crippen molar-refractivity contribution >= 4 is 17.4 Å². The van der Waals surface area contributed by atoms with Gasteiger partial charge in [-0.2, -0.15) is 0 Å². The van der Waals surface area contributed by atoms with Crippen molar-refractivity contribution < 1.29 is 9.53 Å². The monoisotopic (exact) mass is 252 g/mol. The molecule has 0 radical (unpaired) electrons. The Labute approximate surface area is 107 Å². The maximum Gasteiger partial charge on any atom is 0.136 e. The first-order valence-electron chi connectivity index (χ1n) is 6.11. The van der Waals surface area contributed by atoms with Crippen molar-refractivity contribution in [3.05, 3.63) is 34.9 Å². The van der Waals surface area contributed by atoms with E-state index in [2.05, 4.69) is 0 Å². The molecule has 0 aromatic heterocycles. The zero-order chi connectivity index (χ0) is 12.1. The molecule has 1 fully saturated rings. The van der Waals surface area contributed by atoms with Gasteiger partial charge in [0.2, 0.25) is 0 Å². The molecule has 17 heavy (non-hydrogen) atoms. The summed E-state index contributed by atoms with van der Waals surface area (Å²) < 4.78 is 5.57. The lowest BCUT2D eigenvalue weighted by Gasteiger charge is -2.09. The van der Waals surface area contributed by atoms with Gasteiger partial charge in [-0.15, -0.1) is 0 Å². The lowest BCUT2D eigenvalue weighted by atomic mass is 10.0. The smallest absolute Gasteiger partial charge is 0.136 e. The highest BCUT2D eigenvalue weighted by Crippen LogP contribution is 2.24. The third-order valence-electron chi connectivity index (χ3n) is 3.26. The molecule has 0 bridgehead atoms. The molecular formula is C14H17ClO2. The van der Waals surface area contributed by atoms with E-state index in [4.69, 9.17) is 16.3 Å². The van der Waals surface area contributed by atoms with Gasteiger partial charge in [0.15, 0.2) is 0 Å². The highest BCUT2D eigenvalue weighted by atomic mass is 35.5. The first kappa shape index (κ1) is 12.6. The van der Waals surface area contributed by atoms with Crippen molar-refractivity contribution in [3.8, 4) is 0 Å². The van der Waals surface area contributed by atoms with Crippen molar-refractivity contribution in [3.63, 3.8) is 0 Å². The Bertz CT molecular complexity index is 390. The minimum atomic E-state index is 0.237. The molecule has 0 N–H and O–H groups in total. The second-order valence-electron chi connectivity index (χ2n) is 4.49. The maximum absolute atomic E-state index is 11.4. The number of Topliss-reactive ketones (excluding diaryl/α,β-unsaturated/α-hetero) is 1. The van der Waals surface area contributed by atoms with Gasteiger partial charge < -0.3 is 4.74 Å². The Kier molecular flexibility index (Phi) is 4.57. The second-order valence-corrected chi connectivity index (χ2v) is 4.90. The Morgan fingerprint density at radius 2 is 2.18 bits per heavy atom. The zero-order valence-corrected chi connectivity index (χ0v) is 10.6. The van der Waals surface area contributed by atoms with E-state index >= 15 is 0 Å². The summed E-state index contributed by atoms with van der Waals surface area (Å²) in [6.45, 7) is 1.17. The Morgan fingerprint density at radius 1 is 1.35 bits per heavy atom. The number of hydrogen-bond donors (Lipinski definition) is 0. The van der Waals surface area contributed by atoms with Crippen LogP contribution in [0.15, 0.2) is 24.3 Å². The highest BCUT2D eigenvalue weighted by Gasteiger charge is 2.23. The molecule has 1 unspecified atom stereocenters. The van der Waals surface area contributed by atoms with Crippen LogP contribution in [0.1, 0.15) is 31.2 Å². The van der Waals surface area contributed by atoms with E-state index in [1.165, 1.54) is 0 Å². The van der Waals surface area contributed by atoms with Crippen LogP contribution in [0.2, 0.25) is 5.02 Å². The number of halogens is 1. The number of carbonyl (C=O) groups is 1. The Hall–Kier alpha value is -0.860. The van der Waals surface area contributed by atoms with Gasteiger partial charge in [-0.05, 0) is 30.9 Å². The second kappa shape index (κ2) is 6.18. The van der Waals surface area contributed by atoms with Crippen molar-refractivity contribution in [2.45, 2.75) is 32.3 Å². The van der Waals surface area contributed by atoms with Crippen LogP contribution in [-0.4, -0.2) is 12.4 Å². The zero-order valence-electron chi connectivity index (χ0n) is 9.82. The topological polar surface area (TPSA) is 26.3 Å². The molecule has 0 saturated heterocycles. The van der Waals surface area contributed by atoms with Gasteiger partial charge in [-0.3, -0.25) is 4.79 Å². The lowest BCUT2D eigenvalue weighted by Crippen LogP contribution is -2.09. The molecule has 1 saturated carbocycles. The standard InChI is InChI=1S/C14H17ClO2/c15-13-6-2-1-4-12(13)10-17-9-8-11-5-3-7-14(11)16/h1-2,4,6,11H,3,5,7-10H2. The molecule has 1 aliphatic carbocycles. The van der Waals surface area contributed by atoms with Crippen LogP contribution < -0.4 is 0 Å². The molecule has 92 valence electrons. The van der Waals surface area contributed by atoms with Crippen molar-refractivity contribution in [1.29, 1.82) is 0 Å². The van der Waals surface area contributed by atoms with Crippen molar-refractivity contribution in [1.82, 2.24) is 0 Å². The molecule has 0 spiro atoms. The van der Waals surface area contributed by atoms with Gasteiger partial charge in [-0.1, -0.05) is 29.8 Å². The van der Waals surface area contributed by atoms with Gasteiger partial charge in [0, 0.05) is 24.0 Å². The van der Waals surface area contributed by atoms with E-state index in [1.807, 2.05) is 24.3 Å². The van der Waals surface area contributed by atoms with Crippen LogP contribution in [0.3, 0.4) is 0 Å². The Morgan fingerprint density at radius 3 is 2.88 bits per heavy atom. The van der Waals surface area contributed by atoms with Crippen LogP contribution in [0.25, 0.3) is 0 Å². The number of ether oxygens (including phenoxy) is 1. The fraction of sp³-hybridized carbons (Fsp3) is 0.500. The predicted molar refractivity (Wildman–Crippen MR) is 68.1 cm³/mol. The lowest BCUT2D eigenvalue weighted by molar-refractivity contribution is -0.121. The van der Waals surface area contributed by atoms with Crippen LogP contribution in [0, 0.1) is 5.92 Å². The molecule has 2 rings (SSSR count). The molecule has 1 aliphatic rings. The molecule has 0 aliphatic heterocycles. The molecule has 0 amide bonds. The van der Waals surface area contributed by atoms with E-state index in [0.717, 1.165) is 36.3 Å². The number of ketones is 1. The number of benzene rings is 1. The van der Waals surface area contributed by atoms with Gasteiger partial charge in [0.1, 0.15) is 5.78 Å². The van der Waals surface area contributed by atoms with Gasteiger partial charge >= 0.3 is 0 Å². The van der Waals surface area contributed by atoms with Crippen molar-refractivity contribution in [2.75, 3.05) is 6.61 Å². The number of hydrogen-bond acceptors (Lipinski definition) is 2. The van der Waals surface area contributed by atoms with E-state index in [1.54, 1.807) is 0 Å². The van der Waals surface area contributed by atoms with Crippen LogP contribution in [0.4, 0.5) is 0 Å². The fourth-order valence-corrected chi connectivity index (χ4v) is 2.41. The average Bonchev–Trinajstić information content (AvgIpc) is 2.73. The first-order valence-corrected chi connectivity index (χ1v) is 6.49.